The zero-order valence-electron chi connectivity index (χ0n) is 9.81. The summed E-state index contributed by atoms with van der Waals surface area (Å²) in [4.78, 5) is 26.4. The van der Waals surface area contributed by atoms with E-state index < -0.39 is 5.97 Å². The summed E-state index contributed by atoms with van der Waals surface area (Å²) < 4.78 is 4.59. The first kappa shape index (κ1) is 11.8. The third-order valence-electron chi connectivity index (χ3n) is 3.20. The number of nitrogens with zero attached hydrogens (tertiary/aromatic N) is 1. The molecule has 90 valence electrons. The van der Waals surface area contributed by atoms with Gasteiger partial charge in [-0.2, -0.15) is 0 Å². The van der Waals surface area contributed by atoms with Gasteiger partial charge in [0, 0.05) is 19.0 Å². The van der Waals surface area contributed by atoms with Gasteiger partial charge in [0.05, 0.1) is 7.11 Å². The highest BCUT2D eigenvalue weighted by molar-refractivity contribution is 5.87. The lowest BCUT2D eigenvalue weighted by Crippen LogP contribution is -2.13. The molecule has 1 fully saturated rings. The number of Topliss-reactive ketones (excluding diaryl/α,β-unsaturated/α-hetero) is 1. The van der Waals surface area contributed by atoms with Crippen molar-refractivity contribution in [1.82, 2.24) is 4.98 Å². The van der Waals surface area contributed by atoms with E-state index in [0.717, 1.165) is 18.4 Å². The van der Waals surface area contributed by atoms with Crippen molar-refractivity contribution in [2.45, 2.75) is 31.6 Å². The summed E-state index contributed by atoms with van der Waals surface area (Å²) in [7, 11) is 1.34. The second kappa shape index (κ2) is 5.08. The van der Waals surface area contributed by atoms with Crippen LogP contribution in [0.5, 0.6) is 0 Å². The number of methoxy groups -OCH3 is 1. The topological polar surface area (TPSA) is 56.3 Å². The minimum absolute atomic E-state index is 0.322. The van der Waals surface area contributed by atoms with Crippen LogP contribution in [0.1, 0.15) is 47.7 Å². The molecule has 1 saturated carbocycles. The Labute approximate surface area is 100 Å². The average molecular weight is 233 g/mol. The number of rotatable bonds is 2. The summed E-state index contributed by atoms with van der Waals surface area (Å²) >= 11 is 0. The Kier molecular flexibility index (Phi) is 3.52. The van der Waals surface area contributed by atoms with Gasteiger partial charge < -0.3 is 4.74 Å². The van der Waals surface area contributed by atoms with Gasteiger partial charge in [-0.25, -0.2) is 9.78 Å². The lowest BCUT2D eigenvalue weighted by Gasteiger charge is -2.20. The molecule has 0 aromatic carbocycles. The Morgan fingerprint density at radius 1 is 1.35 bits per heavy atom. The van der Waals surface area contributed by atoms with Crippen LogP contribution in [0.25, 0.3) is 0 Å². The fourth-order valence-corrected chi connectivity index (χ4v) is 2.15. The van der Waals surface area contributed by atoms with Crippen molar-refractivity contribution in [2.75, 3.05) is 7.11 Å². The normalized spacial score (nSPS) is 16.9. The van der Waals surface area contributed by atoms with E-state index in [-0.39, 0.29) is 0 Å². The Hall–Kier alpha value is -1.71. The Morgan fingerprint density at radius 3 is 2.59 bits per heavy atom. The predicted octanol–water partition coefficient (Wildman–Crippen LogP) is 2.09. The molecule has 0 unspecified atom stereocenters. The fraction of sp³-hybridized carbons (Fsp3) is 0.462. The molecule has 1 aliphatic carbocycles. The maximum absolute atomic E-state index is 11.2. The summed E-state index contributed by atoms with van der Waals surface area (Å²) in [6.45, 7) is 0. The van der Waals surface area contributed by atoms with Crippen LogP contribution in [0.2, 0.25) is 0 Å². The van der Waals surface area contributed by atoms with Gasteiger partial charge in [0.2, 0.25) is 0 Å². The second-order valence-electron chi connectivity index (χ2n) is 4.28. The van der Waals surface area contributed by atoms with Gasteiger partial charge in [-0.3, -0.25) is 4.79 Å². The van der Waals surface area contributed by atoms with Crippen molar-refractivity contribution in [3.05, 3.63) is 29.6 Å². The van der Waals surface area contributed by atoms with Crippen molar-refractivity contribution in [3.63, 3.8) is 0 Å². The molecule has 0 bridgehead atoms. The summed E-state index contributed by atoms with van der Waals surface area (Å²) in [5.74, 6) is 0.322. The van der Waals surface area contributed by atoms with E-state index in [0.29, 0.717) is 30.2 Å². The standard InChI is InChI=1S/C13H15NO3/c1-17-13(16)12-7-4-10(8-14-12)9-2-5-11(15)6-3-9/h4,7-9H,2-3,5-6H2,1H3. The number of aromatic nitrogens is 1. The highest BCUT2D eigenvalue weighted by Crippen LogP contribution is 2.30. The molecule has 0 aliphatic heterocycles. The van der Waals surface area contributed by atoms with Crippen molar-refractivity contribution in [1.29, 1.82) is 0 Å². The van der Waals surface area contributed by atoms with Crippen molar-refractivity contribution < 1.29 is 14.3 Å². The molecule has 0 spiro atoms. The van der Waals surface area contributed by atoms with Gasteiger partial charge in [0.1, 0.15) is 11.5 Å². The Bertz CT molecular complexity index is 415. The molecular weight excluding hydrogens is 218 g/mol. The highest BCUT2D eigenvalue weighted by Gasteiger charge is 2.20. The maximum atomic E-state index is 11.2. The number of hydrogen-bond acceptors (Lipinski definition) is 4. The lowest BCUT2D eigenvalue weighted by atomic mass is 9.84. The average Bonchev–Trinajstić information content (AvgIpc) is 2.39. The molecule has 1 heterocycles. The van der Waals surface area contributed by atoms with Gasteiger partial charge in [-0.1, -0.05) is 6.07 Å². The van der Waals surface area contributed by atoms with Crippen LogP contribution in [0.15, 0.2) is 18.3 Å². The maximum Gasteiger partial charge on any atom is 0.356 e. The van der Waals surface area contributed by atoms with E-state index in [1.807, 2.05) is 6.07 Å². The number of ketones is 1. The largest absolute Gasteiger partial charge is 0.464 e. The SMILES string of the molecule is COC(=O)c1ccc(C2CCC(=O)CC2)cn1. The van der Waals surface area contributed by atoms with E-state index >= 15 is 0 Å². The van der Waals surface area contributed by atoms with Gasteiger partial charge >= 0.3 is 5.97 Å². The van der Waals surface area contributed by atoms with E-state index in [1.54, 1.807) is 12.3 Å². The van der Waals surface area contributed by atoms with Crippen molar-refractivity contribution in [3.8, 4) is 0 Å². The van der Waals surface area contributed by atoms with E-state index in [2.05, 4.69) is 9.72 Å². The van der Waals surface area contributed by atoms with Crippen LogP contribution in [0, 0.1) is 0 Å². The molecule has 0 atom stereocenters. The highest BCUT2D eigenvalue weighted by atomic mass is 16.5. The van der Waals surface area contributed by atoms with Crippen LogP contribution in [-0.2, 0) is 9.53 Å². The molecule has 17 heavy (non-hydrogen) atoms. The quantitative estimate of drug-likeness (QED) is 0.734. The molecule has 4 nitrogen and oxygen atoms in total. The van der Waals surface area contributed by atoms with Gasteiger partial charge in [0.25, 0.3) is 0 Å². The first-order valence-electron chi connectivity index (χ1n) is 5.76. The number of carbonyl (C=O) groups excluding carboxylic acids is 2. The van der Waals surface area contributed by atoms with Gasteiger partial charge in [-0.05, 0) is 30.4 Å². The van der Waals surface area contributed by atoms with Crippen LogP contribution in [0.3, 0.4) is 0 Å². The monoisotopic (exact) mass is 233 g/mol. The summed E-state index contributed by atoms with van der Waals surface area (Å²) in [5.41, 5.74) is 1.42. The van der Waals surface area contributed by atoms with E-state index in [9.17, 15) is 9.59 Å². The van der Waals surface area contributed by atoms with Gasteiger partial charge in [-0.15, -0.1) is 0 Å². The molecule has 1 aromatic rings. The fourth-order valence-electron chi connectivity index (χ4n) is 2.15. The summed E-state index contributed by atoms with van der Waals surface area (Å²) in [5, 5.41) is 0. The van der Waals surface area contributed by atoms with Crippen LogP contribution in [-0.4, -0.2) is 23.8 Å². The Morgan fingerprint density at radius 2 is 2.06 bits per heavy atom. The zero-order chi connectivity index (χ0) is 12.3. The molecular formula is C13H15NO3. The van der Waals surface area contributed by atoms with Crippen LogP contribution < -0.4 is 0 Å². The minimum atomic E-state index is -0.421. The minimum Gasteiger partial charge on any atom is -0.464 e. The van der Waals surface area contributed by atoms with Crippen LogP contribution in [0.4, 0.5) is 0 Å². The molecule has 0 radical (unpaired) electrons. The van der Waals surface area contributed by atoms with Crippen molar-refractivity contribution in [2.24, 2.45) is 0 Å². The molecule has 1 aliphatic rings. The number of carbonyl (C=O) groups is 2. The van der Waals surface area contributed by atoms with E-state index in [1.165, 1.54) is 7.11 Å². The summed E-state index contributed by atoms with van der Waals surface area (Å²) in [6.07, 6.45) is 4.80. The first-order chi connectivity index (χ1) is 8.20. The second-order valence-corrected chi connectivity index (χ2v) is 4.28. The number of pyridine rings is 1. The predicted molar refractivity (Wildman–Crippen MR) is 61.8 cm³/mol. The third-order valence-corrected chi connectivity index (χ3v) is 3.20. The molecule has 4 heteroatoms. The third kappa shape index (κ3) is 2.70. The van der Waals surface area contributed by atoms with Crippen molar-refractivity contribution >= 4 is 11.8 Å². The Balaban J connectivity index is 2.07. The molecule has 0 amide bonds. The lowest BCUT2D eigenvalue weighted by molar-refractivity contribution is -0.120. The smallest absolute Gasteiger partial charge is 0.356 e. The molecule has 0 saturated heterocycles. The van der Waals surface area contributed by atoms with Gasteiger partial charge in [0.15, 0.2) is 0 Å². The first-order valence-corrected chi connectivity index (χ1v) is 5.76. The summed E-state index contributed by atoms with van der Waals surface area (Å²) in [6, 6.07) is 3.58. The van der Waals surface area contributed by atoms with Crippen LogP contribution >= 0.6 is 0 Å². The number of ether oxygens (including phenoxy) is 1. The number of esters is 1. The molecule has 0 N–H and O–H groups in total. The molecule has 1 aromatic heterocycles. The number of hydrogen-bond donors (Lipinski definition) is 0. The molecule has 2 rings (SSSR count). The zero-order valence-corrected chi connectivity index (χ0v) is 9.81. The van der Waals surface area contributed by atoms with E-state index in [4.69, 9.17) is 0 Å².